The van der Waals surface area contributed by atoms with Crippen LogP contribution in [0, 0.1) is 0 Å². The van der Waals surface area contributed by atoms with Crippen molar-refractivity contribution in [2.24, 2.45) is 10.2 Å². The van der Waals surface area contributed by atoms with Crippen molar-refractivity contribution in [2.75, 3.05) is 6.61 Å². The van der Waals surface area contributed by atoms with Crippen molar-refractivity contribution in [2.45, 2.75) is 31.0 Å². The number of fused-ring (bicyclic) bond motifs is 3. The maximum absolute atomic E-state index is 12.2. The Morgan fingerprint density at radius 1 is 1.11 bits per heavy atom. The van der Waals surface area contributed by atoms with Gasteiger partial charge in [0.2, 0.25) is 0 Å². The molecule has 0 bridgehead atoms. The van der Waals surface area contributed by atoms with Gasteiger partial charge in [0.05, 0.1) is 0 Å². The smallest absolute Gasteiger partial charge is 0.407 e. The summed E-state index contributed by atoms with van der Waals surface area (Å²) in [6.07, 6.45) is -0.652. The van der Waals surface area contributed by atoms with Gasteiger partial charge in [-0.05, 0) is 29.2 Å². The van der Waals surface area contributed by atoms with Crippen LogP contribution in [0.2, 0.25) is 0 Å². The highest BCUT2D eigenvalue weighted by molar-refractivity contribution is 5.81. The molecular formula is C20H19N3O4. The van der Waals surface area contributed by atoms with Crippen LogP contribution in [-0.4, -0.2) is 35.5 Å². The first-order valence-electron chi connectivity index (χ1n) is 8.75. The monoisotopic (exact) mass is 365 g/mol. The number of aliphatic carboxylic acids is 1. The molecule has 0 spiro atoms. The van der Waals surface area contributed by atoms with Gasteiger partial charge in [-0.1, -0.05) is 48.5 Å². The summed E-state index contributed by atoms with van der Waals surface area (Å²) < 4.78 is 5.38. The molecule has 7 heteroatoms. The summed E-state index contributed by atoms with van der Waals surface area (Å²) in [7, 11) is 0. The SMILES string of the molecule is CC1(CC(NC(=O)OCC2c3ccccc3-c3ccccc32)C(=O)O)N=N1. The summed E-state index contributed by atoms with van der Waals surface area (Å²) in [5.74, 6) is -1.21. The van der Waals surface area contributed by atoms with Crippen molar-refractivity contribution in [3.8, 4) is 11.1 Å². The van der Waals surface area contributed by atoms with Crippen molar-refractivity contribution in [3.05, 3.63) is 59.7 Å². The number of hydrogen-bond donors (Lipinski definition) is 2. The average Bonchev–Trinajstić information content (AvgIpc) is 3.30. The molecule has 1 aliphatic carbocycles. The van der Waals surface area contributed by atoms with Gasteiger partial charge in [-0.3, -0.25) is 0 Å². The maximum atomic E-state index is 12.2. The minimum atomic E-state index is -1.14. The largest absolute Gasteiger partial charge is 0.480 e. The molecule has 0 saturated heterocycles. The molecule has 2 aromatic carbocycles. The van der Waals surface area contributed by atoms with Crippen molar-refractivity contribution in [3.63, 3.8) is 0 Å². The van der Waals surface area contributed by atoms with Gasteiger partial charge in [0.1, 0.15) is 12.6 Å². The van der Waals surface area contributed by atoms with Gasteiger partial charge in [-0.25, -0.2) is 9.59 Å². The first-order valence-corrected chi connectivity index (χ1v) is 8.75. The Morgan fingerprint density at radius 3 is 2.19 bits per heavy atom. The Labute approximate surface area is 156 Å². The van der Waals surface area contributed by atoms with Gasteiger partial charge >= 0.3 is 12.1 Å². The highest BCUT2D eigenvalue weighted by Gasteiger charge is 2.40. The number of alkyl carbamates (subject to hydrolysis) is 1. The average molecular weight is 365 g/mol. The summed E-state index contributed by atoms with van der Waals surface area (Å²) >= 11 is 0. The highest BCUT2D eigenvalue weighted by atomic mass is 16.5. The first-order chi connectivity index (χ1) is 13.0. The fourth-order valence-corrected chi connectivity index (χ4v) is 3.54. The zero-order valence-corrected chi connectivity index (χ0v) is 14.8. The van der Waals surface area contributed by atoms with Crippen LogP contribution in [0.25, 0.3) is 11.1 Å². The molecule has 1 aliphatic heterocycles. The second-order valence-electron chi connectivity index (χ2n) is 6.98. The van der Waals surface area contributed by atoms with Gasteiger partial charge in [0.25, 0.3) is 0 Å². The van der Waals surface area contributed by atoms with Crippen molar-refractivity contribution < 1.29 is 19.4 Å². The van der Waals surface area contributed by atoms with Crippen LogP contribution >= 0.6 is 0 Å². The highest BCUT2D eigenvalue weighted by Crippen LogP contribution is 2.44. The van der Waals surface area contributed by atoms with Crippen LogP contribution < -0.4 is 5.32 Å². The van der Waals surface area contributed by atoms with E-state index in [1.54, 1.807) is 6.92 Å². The molecule has 2 N–H and O–H groups in total. The maximum Gasteiger partial charge on any atom is 0.407 e. The lowest BCUT2D eigenvalue weighted by Gasteiger charge is -2.18. The predicted molar refractivity (Wildman–Crippen MR) is 97.5 cm³/mol. The van der Waals surface area contributed by atoms with Gasteiger partial charge in [-0.2, -0.15) is 10.2 Å². The summed E-state index contributed by atoms with van der Waals surface area (Å²) in [6, 6.07) is 14.9. The molecule has 0 fully saturated rings. The normalized spacial score (nSPS) is 16.9. The van der Waals surface area contributed by atoms with Gasteiger partial charge in [0.15, 0.2) is 5.66 Å². The van der Waals surface area contributed by atoms with E-state index in [1.807, 2.05) is 36.4 Å². The summed E-state index contributed by atoms with van der Waals surface area (Å²) in [6.45, 7) is 1.85. The number of carboxylic acid groups (broad SMARTS) is 1. The topological polar surface area (TPSA) is 100 Å². The minimum absolute atomic E-state index is 0.0719. The lowest BCUT2D eigenvalue weighted by Crippen LogP contribution is -2.43. The van der Waals surface area contributed by atoms with Crippen LogP contribution in [0.4, 0.5) is 4.79 Å². The molecule has 0 aromatic heterocycles. The Balaban J connectivity index is 1.44. The van der Waals surface area contributed by atoms with Crippen molar-refractivity contribution in [1.29, 1.82) is 0 Å². The first kappa shape index (κ1) is 17.2. The van der Waals surface area contributed by atoms with Crippen LogP contribution in [0.5, 0.6) is 0 Å². The van der Waals surface area contributed by atoms with Crippen LogP contribution in [0.1, 0.15) is 30.4 Å². The molecule has 1 amide bonds. The molecule has 0 radical (unpaired) electrons. The van der Waals surface area contributed by atoms with E-state index in [0.29, 0.717) is 0 Å². The lowest BCUT2D eigenvalue weighted by atomic mass is 9.98. The molecule has 1 atom stereocenters. The molecule has 1 heterocycles. The Kier molecular flexibility index (Phi) is 4.14. The van der Waals surface area contributed by atoms with E-state index in [0.717, 1.165) is 22.3 Å². The summed E-state index contributed by atoms with van der Waals surface area (Å²) in [5, 5.41) is 19.3. The number of nitrogens with zero attached hydrogens (tertiary/aromatic N) is 2. The van der Waals surface area contributed by atoms with E-state index in [-0.39, 0.29) is 18.9 Å². The number of rotatable bonds is 6. The fraction of sp³-hybridized carbons (Fsp3) is 0.300. The van der Waals surface area contributed by atoms with E-state index >= 15 is 0 Å². The van der Waals surface area contributed by atoms with E-state index < -0.39 is 23.8 Å². The second kappa shape index (κ2) is 6.50. The fourth-order valence-electron chi connectivity index (χ4n) is 3.54. The second-order valence-corrected chi connectivity index (χ2v) is 6.98. The number of ether oxygens (including phenoxy) is 1. The number of carboxylic acids is 1. The third-order valence-corrected chi connectivity index (χ3v) is 4.97. The quantitative estimate of drug-likeness (QED) is 0.817. The molecule has 2 aliphatic rings. The summed E-state index contributed by atoms with van der Waals surface area (Å²) in [4.78, 5) is 23.6. The van der Waals surface area contributed by atoms with Gasteiger partial charge in [0, 0.05) is 12.3 Å². The van der Waals surface area contributed by atoms with Crippen molar-refractivity contribution in [1.82, 2.24) is 5.32 Å². The minimum Gasteiger partial charge on any atom is -0.480 e. The predicted octanol–water partition coefficient (Wildman–Crippen LogP) is 3.55. The molecule has 138 valence electrons. The van der Waals surface area contributed by atoms with Crippen LogP contribution in [0.3, 0.4) is 0 Å². The number of benzene rings is 2. The molecular weight excluding hydrogens is 346 g/mol. The van der Waals surface area contributed by atoms with Crippen molar-refractivity contribution >= 4 is 12.1 Å². The number of carbonyl (C=O) groups excluding carboxylic acids is 1. The van der Waals surface area contributed by atoms with Gasteiger partial charge in [-0.15, -0.1) is 0 Å². The van der Waals surface area contributed by atoms with Crippen LogP contribution in [0.15, 0.2) is 58.8 Å². The van der Waals surface area contributed by atoms with Gasteiger partial charge < -0.3 is 15.2 Å². The molecule has 0 saturated carbocycles. The molecule has 7 nitrogen and oxygen atoms in total. The van der Waals surface area contributed by atoms with E-state index in [4.69, 9.17) is 4.74 Å². The number of hydrogen-bond acceptors (Lipinski definition) is 5. The Hall–Kier alpha value is -3.22. The zero-order valence-electron chi connectivity index (χ0n) is 14.8. The number of amides is 1. The Bertz CT molecular complexity index is 889. The van der Waals surface area contributed by atoms with Crippen LogP contribution in [-0.2, 0) is 9.53 Å². The van der Waals surface area contributed by atoms with E-state index in [9.17, 15) is 14.7 Å². The number of carbonyl (C=O) groups is 2. The molecule has 4 rings (SSSR count). The lowest BCUT2D eigenvalue weighted by molar-refractivity contribution is -0.139. The molecule has 27 heavy (non-hydrogen) atoms. The third-order valence-electron chi connectivity index (χ3n) is 4.97. The third kappa shape index (κ3) is 3.40. The Morgan fingerprint density at radius 2 is 1.67 bits per heavy atom. The summed E-state index contributed by atoms with van der Waals surface area (Å²) in [5.41, 5.74) is 3.75. The molecule has 2 aromatic rings. The molecule has 1 unspecified atom stereocenters. The zero-order chi connectivity index (χ0) is 19.0. The number of nitrogens with one attached hydrogen (secondary N) is 1. The van der Waals surface area contributed by atoms with E-state index in [2.05, 4.69) is 27.7 Å². The standard InChI is InChI=1S/C20H19N3O4/c1-20(22-23-20)10-17(18(24)25)21-19(26)27-11-16-14-8-4-2-6-12(14)13-7-3-5-9-15(13)16/h2-9,16-17H,10-11H2,1H3,(H,21,26)(H,24,25). The van der Waals surface area contributed by atoms with E-state index in [1.165, 1.54) is 0 Å².